The van der Waals surface area contributed by atoms with Crippen LogP contribution in [0.1, 0.15) is 49.0 Å². The molecule has 0 saturated carbocycles. The number of aryl methyl sites for hydroxylation is 1. The van der Waals surface area contributed by atoms with Crippen molar-refractivity contribution in [2.24, 2.45) is 0 Å². The Bertz CT molecular complexity index is 901. The monoisotopic (exact) mass is 395 g/mol. The fourth-order valence-corrected chi connectivity index (χ4v) is 2.93. The fourth-order valence-electron chi connectivity index (χ4n) is 2.93. The van der Waals surface area contributed by atoms with Gasteiger partial charge in [-0.05, 0) is 43.5 Å². The van der Waals surface area contributed by atoms with Crippen LogP contribution in [0.25, 0.3) is 10.9 Å². The summed E-state index contributed by atoms with van der Waals surface area (Å²) in [4.78, 5) is 25.1. The number of aromatic nitrogens is 1. The van der Waals surface area contributed by atoms with Gasteiger partial charge in [0.05, 0.1) is 13.2 Å². The number of benzene rings is 2. The summed E-state index contributed by atoms with van der Waals surface area (Å²) in [6.07, 6.45) is 5.28. The molecule has 0 aliphatic heterocycles. The van der Waals surface area contributed by atoms with E-state index >= 15 is 0 Å². The van der Waals surface area contributed by atoms with Gasteiger partial charge < -0.3 is 14.5 Å². The van der Waals surface area contributed by atoms with Crippen molar-refractivity contribution in [3.63, 3.8) is 0 Å². The number of carbonyl (C=O) groups is 2. The van der Waals surface area contributed by atoms with E-state index in [9.17, 15) is 9.59 Å². The molecular formula is C24H29NO4. The van der Waals surface area contributed by atoms with Crippen LogP contribution in [0.2, 0.25) is 0 Å². The van der Waals surface area contributed by atoms with Gasteiger partial charge in [-0.1, -0.05) is 43.7 Å². The van der Waals surface area contributed by atoms with Crippen molar-refractivity contribution in [3.05, 3.63) is 65.9 Å². The summed E-state index contributed by atoms with van der Waals surface area (Å²) in [6, 6.07) is 15.6. The average Bonchev–Trinajstić information content (AvgIpc) is 3.16. The molecule has 0 aliphatic rings. The number of nitrogens with one attached hydrogen (secondary N) is 1. The summed E-state index contributed by atoms with van der Waals surface area (Å²) >= 11 is 0. The minimum Gasteiger partial charge on any atom is -0.494 e. The van der Waals surface area contributed by atoms with Crippen LogP contribution in [0.5, 0.6) is 5.75 Å². The molecule has 2 aromatic carbocycles. The number of Topliss-reactive ketones (excluding diaryl/α,β-unsaturated/α-hetero) is 1. The lowest BCUT2D eigenvalue weighted by Crippen LogP contribution is -2.02. The summed E-state index contributed by atoms with van der Waals surface area (Å²) in [5, 5.41) is 1.19. The number of hydrogen-bond acceptors (Lipinski definition) is 4. The lowest BCUT2D eigenvalue weighted by molar-refractivity contribution is -0.128. The van der Waals surface area contributed by atoms with E-state index < -0.39 is 0 Å². The zero-order valence-corrected chi connectivity index (χ0v) is 17.1. The van der Waals surface area contributed by atoms with Gasteiger partial charge in [-0.3, -0.25) is 9.59 Å². The molecule has 1 aromatic heterocycles. The molecule has 0 bridgehead atoms. The molecule has 3 aromatic rings. The van der Waals surface area contributed by atoms with Gasteiger partial charge in [0.1, 0.15) is 5.75 Å². The van der Waals surface area contributed by atoms with Gasteiger partial charge in [0.2, 0.25) is 0 Å². The number of rotatable bonds is 10. The first kappa shape index (κ1) is 22.2. The number of H-pyrrole nitrogens is 1. The van der Waals surface area contributed by atoms with Crippen LogP contribution >= 0.6 is 0 Å². The average molecular weight is 395 g/mol. The molecule has 5 heteroatoms. The highest BCUT2D eigenvalue weighted by Gasteiger charge is 2.09. The van der Waals surface area contributed by atoms with Crippen LogP contribution in [0.4, 0.5) is 0 Å². The number of ketones is 1. The third kappa shape index (κ3) is 7.11. The Morgan fingerprint density at radius 1 is 1.10 bits per heavy atom. The first-order valence-corrected chi connectivity index (χ1v) is 10.1. The van der Waals surface area contributed by atoms with E-state index in [2.05, 4.69) is 15.8 Å². The van der Waals surface area contributed by atoms with Gasteiger partial charge in [-0.15, -0.1) is 0 Å². The van der Waals surface area contributed by atoms with E-state index in [0.29, 0.717) is 31.7 Å². The molecule has 154 valence electrons. The molecule has 1 N–H and O–H groups in total. The second-order valence-corrected chi connectivity index (χ2v) is 6.56. The molecule has 0 atom stereocenters. The Morgan fingerprint density at radius 2 is 1.93 bits per heavy atom. The molecule has 0 unspecified atom stereocenters. The molecule has 0 fully saturated rings. The summed E-state index contributed by atoms with van der Waals surface area (Å²) in [6.45, 7) is 5.64. The predicted octanol–water partition coefficient (Wildman–Crippen LogP) is 5.34. The maximum Gasteiger partial charge on any atom is 0.293 e. The van der Waals surface area contributed by atoms with Crippen LogP contribution in [0.15, 0.2) is 54.7 Å². The van der Waals surface area contributed by atoms with E-state index in [1.807, 2.05) is 62.5 Å². The van der Waals surface area contributed by atoms with Gasteiger partial charge in [0, 0.05) is 29.1 Å². The van der Waals surface area contributed by atoms with Gasteiger partial charge >= 0.3 is 0 Å². The number of ether oxygens (including phenoxy) is 2. The standard InChI is InChI=1S/C19H19NO2.C5H10O2/c1-2-22-16-7-5-6-14(12-16)19(21)11-10-15-13-20-18-9-4-3-8-17(15)18;1-2-3-4-7-5-6/h3-9,12-13,20H,2,10-11H2,1H3;5H,2-4H2,1H3. The quantitative estimate of drug-likeness (QED) is 0.286. The largest absolute Gasteiger partial charge is 0.494 e. The van der Waals surface area contributed by atoms with Crippen molar-refractivity contribution in [1.29, 1.82) is 0 Å². The third-order valence-electron chi connectivity index (χ3n) is 4.45. The highest BCUT2D eigenvalue weighted by molar-refractivity contribution is 5.97. The van der Waals surface area contributed by atoms with Crippen LogP contribution in [-0.2, 0) is 16.0 Å². The lowest BCUT2D eigenvalue weighted by Gasteiger charge is -2.05. The van der Waals surface area contributed by atoms with Crippen LogP contribution in [0.3, 0.4) is 0 Å². The highest BCUT2D eigenvalue weighted by atomic mass is 16.5. The summed E-state index contributed by atoms with van der Waals surface area (Å²) in [5.74, 6) is 0.896. The van der Waals surface area contributed by atoms with Crippen molar-refractivity contribution < 1.29 is 19.1 Å². The van der Waals surface area contributed by atoms with Crippen molar-refractivity contribution in [2.75, 3.05) is 13.2 Å². The minimum atomic E-state index is 0.145. The molecule has 0 saturated heterocycles. The SMILES string of the molecule is CCCCOC=O.CCOc1cccc(C(=O)CCc2c[nH]c3ccccc23)c1. The van der Waals surface area contributed by atoms with E-state index in [1.54, 1.807) is 0 Å². The Kier molecular flexibility index (Phi) is 9.49. The molecule has 0 radical (unpaired) electrons. The van der Waals surface area contributed by atoms with E-state index in [4.69, 9.17) is 4.74 Å². The maximum atomic E-state index is 12.4. The van der Waals surface area contributed by atoms with Gasteiger partial charge in [0.15, 0.2) is 5.78 Å². The van der Waals surface area contributed by atoms with Crippen molar-refractivity contribution in [2.45, 2.75) is 39.5 Å². The Labute approximate surface area is 172 Å². The fraction of sp³-hybridized carbons (Fsp3) is 0.333. The van der Waals surface area contributed by atoms with Crippen molar-refractivity contribution in [3.8, 4) is 5.75 Å². The van der Waals surface area contributed by atoms with Gasteiger partial charge in [0.25, 0.3) is 6.47 Å². The molecule has 0 amide bonds. The summed E-state index contributed by atoms with van der Waals surface area (Å²) in [7, 11) is 0. The van der Waals surface area contributed by atoms with Gasteiger partial charge in [-0.2, -0.15) is 0 Å². The topological polar surface area (TPSA) is 68.4 Å². The number of carbonyl (C=O) groups excluding carboxylic acids is 2. The molecule has 1 heterocycles. The maximum absolute atomic E-state index is 12.4. The predicted molar refractivity (Wildman–Crippen MR) is 115 cm³/mol. The van der Waals surface area contributed by atoms with Crippen LogP contribution < -0.4 is 4.74 Å². The number of aromatic amines is 1. The molecule has 3 rings (SSSR count). The van der Waals surface area contributed by atoms with Crippen LogP contribution in [0, 0.1) is 0 Å². The van der Waals surface area contributed by atoms with E-state index in [1.165, 1.54) is 10.9 Å². The first-order valence-electron chi connectivity index (χ1n) is 10.1. The normalized spacial score (nSPS) is 10.1. The Hall–Kier alpha value is -3.08. The number of hydrogen-bond donors (Lipinski definition) is 1. The zero-order valence-electron chi connectivity index (χ0n) is 17.1. The molecular weight excluding hydrogens is 366 g/mol. The van der Waals surface area contributed by atoms with Crippen molar-refractivity contribution in [1.82, 2.24) is 4.98 Å². The molecule has 0 aliphatic carbocycles. The highest BCUT2D eigenvalue weighted by Crippen LogP contribution is 2.20. The first-order chi connectivity index (χ1) is 14.2. The Balaban J connectivity index is 0.000000370. The minimum absolute atomic E-state index is 0.145. The number of para-hydroxylation sites is 1. The molecule has 29 heavy (non-hydrogen) atoms. The van der Waals surface area contributed by atoms with E-state index in [0.717, 1.165) is 30.5 Å². The Morgan fingerprint density at radius 3 is 2.69 bits per heavy atom. The van der Waals surface area contributed by atoms with Crippen molar-refractivity contribution >= 4 is 23.2 Å². The van der Waals surface area contributed by atoms with Crippen LogP contribution in [-0.4, -0.2) is 30.5 Å². The smallest absolute Gasteiger partial charge is 0.293 e. The van der Waals surface area contributed by atoms with E-state index in [-0.39, 0.29) is 5.78 Å². The lowest BCUT2D eigenvalue weighted by atomic mass is 10.0. The second-order valence-electron chi connectivity index (χ2n) is 6.56. The zero-order chi connectivity index (χ0) is 20.9. The molecule has 0 spiro atoms. The summed E-state index contributed by atoms with van der Waals surface area (Å²) in [5.41, 5.74) is 3.01. The number of unbranched alkanes of at least 4 members (excludes halogenated alkanes) is 1. The molecule has 5 nitrogen and oxygen atoms in total. The third-order valence-corrected chi connectivity index (χ3v) is 4.45. The number of fused-ring (bicyclic) bond motifs is 1. The summed E-state index contributed by atoms with van der Waals surface area (Å²) < 4.78 is 9.84. The second kappa shape index (κ2) is 12.4. The van der Waals surface area contributed by atoms with Gasteiger partial charge in [-0.25, -0.2) is 0 Å².